The lowest BCUT2D eigenvalue weighted by molar-refractivity contribution is -0.136. The summed E-state index contributed by atoms with van der Waals surface area (Å²) in [4.78, 5) is 79.2. The summed E-state index contributed by atoms with van der Waals surface area (Å²) in [5.74, 6) is 0.893. The summed E-state index contributed by atoms with van der Waals surface area (Å²) in [6.07, 6.45) is 7.12. The molecule has 3 aromatic heterocycles. The van der Waals surface area contributed by atoms with Gasteiger partial charge in [-0.2, -0.15) is 15.5 Å². The molecule has 1 unspecified atom stereocenters. The number of piperazine rings is 1. The number of ether oxygens (including phenoxy) is 1. The van der Waals surface area contributed by atoms with Crippen molar-refractivity contribution in [2.24, 2.45) is 5.92 Å². The van der Waals surface area contributed by atoms with Crippen molar-refractivity contribution < 1.29 is 19.1 Å². The molecule has 3 aliphatic heterocycles. The van der Waals surface area contributed by atoms with Crippen molar-refractivity contribution in [3.8, 4) is 34.5 Å². The number of aromatic nitrogens is 6. The van der Waals surface area contributed by atoms with Crippen LogP contribution >= 0.6 is 0 Å². The first kappa shape index (κ1) is 44.6. The lowest BCUT2D eigenvalue weighted by Crippen LogP contribution is -2.49. The summed E-state index contributed by atoms with van der Waals surface area (Å²) < 4.78 is 8.74. The molecule has 3 amide bonds. The molecule has 6 heterocycles. The van der Waals surface area contributed by atoms with Gasteiger partial charge >= 0.3 is 0 Å². The number of carbonyl (C=O) groups is 3. The Morgan fingerprint density at radius 3 is 2.39 bits per heavy atom. The number of rotatable bonds is 13. The quantitative estimate of drug-likeness (QED) is 0.159. The molecule has 3 fully saturated rings. The number of imide groups is 1. The van der Waals surface area contributed by atoms with Crippen molar-refractivity contribution in [1.29, 1.82) is 5.26 Å². The molecule has 17 heteroatoms. The lowest BCUT2D eigenvalue weighted by Gasteiger charge is -2.36. The van der Waals surface area contributed by atoms with Crippen molar-refractivity contribution in [1.82, 2.24) is 44.6 Å². The number of hydrogen-bond acceptors (Lipinski definition) is 13. The van der Waals surface area contributed by atoms with Crippen molar-refractivity contribution in [2.75, 3.05) is 57.3 Å². The van der Waals surface area contributed by atoms with E-state index in [1.165, 1.54) is 15.4 Å². The molecule has 342 valence electrons. The fourth-order valence-corrected chi connectivity index (χ4v) is 9.13. The third-order valence-electron chi connectivity index (χ3n) is 12.9. The predicted molar refractivity (Wildman–Crippen MR) is 250 cm³/mol. The summed E-state index contributed by atoms with van der Waals surface area (Å²) in [7, 11) is 0. The minimum absolute atomic E-state index is 0.162. The summed E-state index contributed by atoms with van der Waals surface area (Å²) in [5.41, 5.74) is 4.56. The first-order chi connectivity index (χ1) is 32.6. The average molecular weight is 902 g/mol. The number of benzene rings is 3. The van der Waals surface area contributed by atoms with E-state index in [2.05, 4.69) is 41.4 Å². The van der Waals surface area contributed by atoms with Crippen LogP contribution in [0.4, 0.5) is 5.69 Å². The number of nitriles is 1. The van der Waals surface area contributed by atoms with Gasteiger partial charge in [0, 0.05) is 67.3 Å². The molecular weight excluding hydrogens is 851 g/mol. The van der Waals surface area contributed by atoms with Gasteiger partial charge in [0.1, 0.15) is 6.04 Å². The van der Waals surface area contributed by atoms with Crippen LogP contribution in [0.3, 0.4) is 0 Å². The van der Waals surface area contributed by atoms with Crippen molar-refractivity contribution in [2.45, 2.75) is 58.0 Å². The number of piperidine rings is 2. The molecule has 1 N–H and O–H groups in total. The summed E-state index contributed by atoms with van der Waals surface area (Å²) in [6.45, 7) is 8.05. The SMILES string of the molecule is Cc1nn(C2CCC(=O)NC2=O)c(=O)c2ccc(N3CCN(C(=O)CCCN4CCC(COc5cnc(-c6cccc(Cn7nc(-c8cccc(C#N)c8)ccc7=O)c6)nc5)CC4)CC3)cc12. The van der Waals surface area contributed by atoms with Crippen LogP contribution in [-0.2, 0) is 20.9 Å². The molecule has 0 saturated carbocycles. The van der Waals surface area contributed by atoms with Gasteiger partial charge in [0.05, 0.1) is 54.0 Å². The summed E-state index contributed by atoms with van der Waals surface area (Å²) in [5, 5.41) is 21.8. The highest BCUT2D eigenvalue weighted by molar-refractivity contribution is 5.99. The highest BCUT2D eigenvalue weighted by atomic mass is 16.5. The van der Waals surface area contributed by atoms with Crippen LogP contribution in [0.2, 0.25) is 0 Å². The molecule has 9 rings (SSSR count). The summed E-state index contributed by atoms with van der Waals surface area (Å²) in [6, 6.07) is 25.0. The van der Waals surface area contributed by atoms with Crippen LogP contribution in [0.5, 0.6) is 5.75 Å². The maximum absolute atomic E-state index is 13.4. The number of fused-ring (bicyclic) bond motifs is 1. The molecule has 3 saturated heterocycles. The standard InChI is InChI=1S/C50H51N11O6/c1-33-42-27-39(10-11-41(42)50(66)61(55-33)44-13-14-45(62)54-49(44)65)58-21-23-59(24-22-58)46(63)9-4-18-57-19-16-34(17-20-57)32-67-40-29-52-48(53-30-40)38-8-3-6-36(26-38)31-60-47(64)15-12-43(56-60)37-7-2-5-35(25-37)28-51/h2-3,5-8,10-12,15,25-27,29-30,34,44H,4,9,13-14,16-24,31-32H2,1H3,(H,54,62,65). The van der Waals surface area contributed by atoms with Crippen LogP contribution in [0.1, 0.15) is 61.4 Å². The van der Waals surface area contributed by atoms with Gasteiger partial charge in [-0.1, -0.05) is 30.3 Å². The molecule has 0 bridgehead atoms. The maximum Gasteiger partial charge on any atom is 0.275 e. The molecule has 1 atom stereocenters. The Kier molecular flexibility index (Phi) is 13.2. The van der Waals surface area contributed by atoms with E-state index in [9.17, 15) is 29.2 Å². The predicted octanol–water partition coefficient (Wildman–Crippen LogP) is 4.50. The van der Waals surface area contributed by atoms with E-state index in [0.717, 1.165) is 66.7 Å². The second-order valence-electron chi connectivity index (χ2n) is 17.4. The van der Waals surface area contributed by atoms with E-state index in [1.54, 1.807) is 42.7 Å². The normalized spacial score (nSPS) is 17.0. The highest BCUT2D eigenvalue weighted by Crippen LogP contribution is 2.26. The van der Waals surface area contributed by atoms with Gasteiger partial charge in [0.2, 0.25) is 11.8 Å². The number of nitrogens with one attached hydrogen (secondary N) is 1. The Bertz CT molecular complexity index is 2980. The number of nitrogens with zero attached hydrogens (tertiary/aromatic N) is 10. The minimum atomic E-state index is -0.815. The molecule has 17 nitrogen and oxygen atoms in total. The first-order valence-electron chi connectivity index (χ1n) is 22.8. The lowest BCUT2D eigenvalue weighted by atomic mass is 9.97. The monoisotopic (exact) mass is 901 g/mol. The zero-order valence-corrected chi connectivity index (χ0v) is 37.3. The maximum atomic E-state index is 13.4. The van der Waals surface area contributed by atoms with Gasteiger partial charge in [0.15, 0.2) is 11.6 Å². The largest absolute Gasteiger partial charge is 0.490 e. The average Bonchev–Trinajstić information content (AvgIpc) is 3.36. The Labute approximate surface area is 386 Å². The second kappa shape index (κ2) is 19.9. The zero-order valence-electron chi connectivity index (χ0n) is 37.3. The summed E-state index contributed by atoms with van der Waals surface area (Å²) >= 11 is 0. The van der Waals surface area contributed by atoms with E-state index in [4.69, 9.17) is 4.74 Å². The van der Waals surface area contributed by atoms with E-state index in [0.29, 0.717) is 79.0 Å². The van der Waals surface area contributed by atoms with Crippen LogP contribution in [0.25, 0.3) is 33.4 Å². The van der Waals surface area contributed by atoms with Gasteiger partial charge in [0.25, 0.3) is 17.0 Å². The van der Waals surface area contributed by atoms with Gasteiger partial charge in [-0.15, -0.1) is 0 Å². The van der Waals surface area contributed by atoms with Crippen LogP contribution in [-0.4, -0.2) is 109 Å². The van der Waals surface area contributed by atoms with Crippen LogP contribution < -0.4 is 26.1 Å². The number of hydrogen-bond donors (Lipinski definition) is 1. The fraction of sp³-hybridized carbons (Fsp3) is 0.360. The molecule has 0 spiro atoms. The number of likely N-dealkylation sites (tertiary alicyclic amines) is 1. The van der Waals surface area contributed by atoms with E-state index in [-0.39, 0.29) is 42.3 Å². The molecule has 3 aromatic carbocycles. The third kappa shape index (κ3) is 10.3. The van der Waals surface area contributed by atoms with E-state index >= 15 is 0 Å². The Morgan fingerprint density at radius 2 is 1.61 bits per heavy atom. The Hall–Kier alpha value is -7.58. The molecule has 6 aromatic rings. The molecule has 3 aliphatic rings. The van der Waals surface area contributed by atoms with Crippen LogP contribution in [0, 0.1) is 24.2 Å². The van der Waals surface area contributed by atoms with Gasteiger partial charge in [-0.3, -0.25) is 29.3 Å². The number of anilines is 1. The van der Waals surface area contributed by atoms with Crippen LogP contribution in [0.15, 0.2) is 101 Å². The number of amides is 3. The first-order valence-corrected chi connectivity index (χ1v) is 22.8. The minimum Gasteiger partial charge on any atom is -0.490 e. The highest BCUT2D eigenvalue weighted by Gasteiger charge is 2.31. The molecule has 0 aliphatic carbocycles. The zero-order chi connectivity index (χ0) is 46.4. The second-order valence-corrected chi connectivity index (χ2v) is 17.4. The molecular formula is C50H51N11O6. The van der Waals surface area contributed by atoms with E-state index < -0.39 is 11.9 Å². The Morgan fingerprint density at radius 1 is 0.836 bits per heavy atom. The Balaban J connectivity index is 0.689. The van der Waals surface area contributed by atoms with Gasteiger partial charge in [-0.25, -0.2) is 19.3 Å². The molecule has 67 heavy (non-hydrogen) atoms. The molecule has 0 radical (unpaired) electrons. The smallest absolute Gasteiger partial charge is 0.275 e. The van der Waals surface area contributed by atoms with Crippen molar-refractivity contribution in [3.63, 3.8) is 0 Å². The van der Waals surface area contributed by atoms with Gasteiger partial charge in [-0.05, 0) is 106 Å². The van der Waals surface area contributed by atoms with Gasteiger partial charge < -0.3 is 19.4 Å². The third-order valence-corrected chi connectivity index (χ3v) is 12.9. The van der Waals surface area contributed by atoms with Crippen molar-refractivity contribution in [3.05, 3.63) is 129 Å². The number of aryl methyl sites for hydroxylation is 1. The number of carbonyl (C=O) groups excluding carboxylic acids is 3. The van der Waals surface area contributed by atoms with E-state index in [1.807, 2.05) is 54.3 Å². The fourth-order valence-electron chi connectivity index (χ4n) is 9.13. The van der Waals surface area contributed by atoms with Crippen molar-refractivity contribution >= 4 is 34.2 Å². The topological polar surface area (TPSA) is 202 Å².